The molecule has 1 aromatic rings. The predicted octanol–water partition coefficient (Wildman–Crippen LogP) is 5.35. The third-order valence-electron chi connectivity index (χ3n) is 4.37. The molecule has 2 heteroatoms. The van der Waals surface area contributed by atoms with Crippen LogP contribution >= 0.6 is 11.6 Å². The first-order valence-corrected chi connectivity index (χ1v) is 8.08. The van der Waals surface area contributed by atoms with Crippen molar-refractivity contribution in [2.24, 2.45) is 5.92 Å². The summed E-state index contributed by atoms with van der Waals surface area (Å²) in [7, 11) is 0. The van der Waals surface area contributed by atoms with Crippen LogP contribution in [-0.2, 0) is 0 Å². The summed E-state index contributed by atoms with van der Waals surface area (Å²) in [5, 5.41) is 4.68. The van der Waals surface area contributed by atoms with E-state index in [1.165, 1.54) is 37.7 Å². The molecule has 0 aromatic heterocycles. The van der Waals surface area contributed by atoms with Gasteiger partial charge in [0.25, 0.3) is 0 Å². The molecule has 1 N–H and O–H groups in total. The fourth-order valence-corrected chi connectivity index (χ4v) is 3.21. The Kier molecular flexibility index (Phi) is 5.72. The highest BCUT2D eigenvalue weighted by molar-refractivity contribution is 6.30. The first-order chi connectivity index (χ1) is 9.19. The lowest BCUT2D eigenvalue weighted by atomic mass is 10.0. The van der Waals surface area contributed by atoms with E-state index in [0.29, 0.717) is 12.1 Å². The molecule has 3 unspecified atom stereocenters. The van der Waals surface area contributed by atoms with Gasteiger partial charge < -0.3 is 5.32 Å². The minimum absolute atomic E-state index is 0.468. The largest absolute Gasteiger partial charge is 0.307 e. The highest BCUT2D eigenvalue weighted by Gasteiger charge is 2.19. The van der Waals surface area contributed by atoms with Gasteiger partial charge in [-0.1, -0.05) is 50.4 Å². The molecule has 106 valence electrons. The quantitative estimate of drug-likeness (QED) is 0.733. The Hall–Kier alpha value is -0.530. The van der Waals surface area contributed by atoms with Crippen LogP contribution in [0.2, 0.25) is 5.02 Å². The summed E-state index contributed by atoms with van der Waals surface area (Å²) in [6.07, 6.45) is 7.92. The van der Waals surface area contributed by atoms with E-state index in [-0.39, 0.29) is 0 Å². The van der Waals surface area contributed by atoms with Crippen molar-refractivity contribution in [2.75, 3.05) is 0 Å². The molecule has 0 bridgehead atoms. The van der Waals surface area contributed by atoms with E-state index in [1.807, 2.05) is 12.1 Å². The molecule has 1 aliphatic carbocycles. The van der Waals surface area contributed by atoms with Gasteiger partial charge in [-0.15, -0.1) is 0 Å². The molecular formula is C17H26ClN. The zero-order valence-corrected chi connectivity index (χ0v) is 12.9. The maximum Gasteiger partial charge on any atom is 0.0406 e. The molecule has 0 heterocycles. The van der Waals surface area contributed by atoms with Crippen LogP contribution in [-0.4, -0.2) is 6.04 Å². The first kappa shape index (κ1) is 14.9. The van der Waals surface area contributed by atoms with Crippen LogP contribution in [0.5, 0.6) is 0 Å². The number of hydrogen-bond acceptors (Lipinski definition) is 1. The van der Waals surface area contributed by atoms with Gasteiger partial charge in [-0.2, -0.15) is 0 Å². The summed E-state index contributed by atoms with van der Waals surface area (Å²) in [6.45, 7) is 4.64. The summed E-state index contributed by atoms with van der Waals surface area (Å²) in [6, 6.07) is 9.46. The van der Waals surface area contributed by atoms with E-state index < -0.39 is 0 Å². The van der Waals surface area contributed by atoms with Gasteiger partial charge in [-0.05, 0) is 49.3 Å². The summed E-state index contributed by atoms with van der Waals surface area (Å²) in [5.74, 6) is 0.905. The molecule has 1 nitrogen and oxygen atoms in total. The molecule has 1 fully saturated rings. The number of rotatable bonds is 4. The van der Waals surface area contributed by atoms with E-state index in [0.717, 1.165) is 17.4 Å². The standard InChI is InChI=1S/C17H26ClN/c1-3-17(14-8-10-15(18)11-9-14)19-16-6-4-5-13(2)7-12-16/h8-11,13,16-17,19H,3-7,12H2,1-2H3. The number of nitrogens with one attached hydrogen (secondary N) is 1. The second-order valence-electron chi connectivity index (χ2n) is 5.99. The number of benzene rings is 1. The highest BCUT2D eigenvalue weighted by Crippen LogP contribution is 2.26. The highest BCUT2D eigenvalue weighted by atomic mass is 35.5. The zero-order chi connectivity index (χ0) is 13.7. The van der Waals surface area contributed by atoms with Gasteiger partial charge in [-0.3, -0.25) is 0 Å². The van der Waals surface area contributed by atoms with Crippen molar-refractivity contribution in [1.82, 2.24) is 5.32 Å². The van der Waals surface area contributed by atoms with Crippen LogP contribution in [0.3, 0.4) is 0 Å². The minimum atomic E-state index is 0.468. The molecule has 3 atom stereocenters. The Morgan fingerprint density at radius 2 is 1.89 bits per heavy atom. The molecular weight excluding hydrogens is 254 g/mol. The second kappa shape index (κ2) is 7.31. The van der Waals surface area contributed by atoms with Crippen molar-refractivity contribution in [3.63, 3.8) is 0 Å². The van der Waals surface area contributed by atoms with E-state index in [1.54, 1.807) is 0 Å². The number of halogens is 1. The van der Waals surface area contributed by atoms with Crippen LogP contribution in [0, 0.1) is 5.92 Å². The molecule has 2 rings (SSSR count). The first-order valence-electron chi connectivity index (χ1n) is 7.70. The normalized spacial score (nSPS) is 25.8. The molecule has 1 aromatic carbocycles. The van der Waals surface area contributed by atoms with Crippen molar-refractivity contribution in [1.29, 1.82) is 0 Å². The van der Waals surface area contributed by atoms with E-state index in [2.05, 4.69) is 31.3 Å². The van der Waals surface area contributed by atoms with Crippen molar-refractivity contribution in [2.45, 2.75) is 64.5 Å². The fourth-order valence-electron chi connectivity index (χ4n) is 3.08. The van der Waals surface area contributed by atoms with E-state index in [9.17, 15) is 0 Å². The zero-order valence-electron chi connectivity index (χ0n) is 12.2. The number of hydrogen-bond donors (Lipinski definition) is 1. The molecule has 0 spiro atoms. The van der Waals surface area contributed by atoms with Crippen LogP contribution in [0.15, 0.2) is 24.3 Å². The van der Waals surface area contributed by atoms with Crippen LogP contribution < -0.4 is 5.32 Å². The lowest BCUT2D eigenvalue weighted by molar-refractivity contribution is 0.387. The van der Waals surface area contributed by atoms with E-state index >= 15 is 0 Å². The molecule has 0 amide bonds. The van der Waals surface area contributed by atoms with Crippen molar-refractivity contribution < 1.29 is 0 Å². The maximum absolute atomic E-state index is 5.97. The van der Waals surface area contributed by atoms with Crippen molar-refractivity contribution >= 4 is 11.6 Å². The second-order valence-corrected chi connectivity index (χ2v) is 6.43. The van der Waals surface area contributed by atoms with Gasteiger partial charge in [-0.25, -0.2) is 0 Å². The molecule has 0 radical (unpaired) electrons. The topological polar surface area (TPSA) is 12.0 Å². The molecule has 0 aliphatic heterocycles. The van der Waals surface area contributed by atoms with E-state index in [4.69, 9.17) is 11.6 Å². The van der Waals surface area contributed by atoms with Gasteiger partial charge in [0.15, 0.2) is 0 Å². The van der Waals surface area contributed by atoms with Crippen LogP contribution in [0.4, 0.5) is 0 Å². The summed E-state index contributed by atoms with van der Waals surface area (Å²) in [4.78, 5) is 0. The summed E-state index contributed by atoms with van der Waals surface area (Å²) < 4.78 is 0. The molecule has 1 aliphatic rings. The predicted molar refractivity (Wildman–Crippen MR) is 83.7 cm³/mol. The maximum atomic E-state index is 5.97. The van der Waals surface area contributed by atoms with Gasteiger partial charge in [0.2, 0.25) is 0 Å². The molecule has 1 saturated carbocycles. The van der Waals surface area contributed by atoms with Gasteiger partial charge in [0.05, 0.1) is 0 Å². The minimum Gasteiger partial charge on any atom is -0.307 e. The molecule has 19 heavy (non-hydrogen) atoms. The third-order valence-corrected chi connectivity index (χ3v) is 4.63. The Morgan fingerprint density at radius 1 is 1.16 bits per heavy atom. The third kappa shape index (κ3) is 4.50. The SMILES string of the molecule is CCC(NC1CCCC(C)CC1)c1ccc(Cl)cc1. The van der Waals surface area contributed by atoms with Gasteiger partial charge in [0, 0.05) is 17.1 Å². The van der Waals surface area contributed by atoms with Crippen LogP contribution in [0.1, 0.15) is 64.0 Å². The average Bonchev–Trinajstić information content (AvgIpc) is 2.62. The smallest absolute Gasteiger partial charge is 0.0406 e. The lowest BCUT2D eigenvalue weighted by Gasteiger charge is -2.24. The van der Waals surface area contributed by atoms with Crippen LogP contribution in [0.25, 0.3) is 0 Å². The van der Waals surface area contributed by atoms with Gasteiger partial charge in [0.1, 0.15) is 0 Å². The monoisotopic (exact) mass is 279 g/mol. The average molecular weight is 280 g/mol. The fraction of sp³-hybridized carbons (Fsp3) is 0.647. The Bertz CT molecular complexity index is 373. The summed E-state index contributed by atoms with van der Waals surface area (Å²) in [5.41, 5.74) is 1.36. The Balaban J connectivity index is 1.96. The Labute approximate surface area is 122 Å². The summed E-state index contributed by atoms with van der Waals surface area (Å²) >= 11 is 5.97. The molecule has 0 saturated heterocycles. The van der Waals surface area contributed by atoms with Crippen molar-refractivity contribution in [3.8, 4) is 0 Å². The van der Waals surface area contributed by atoms with Gasteiger partial charge >= 0.3 is 0 Å². The van der Waals surface area contributed by atoms with Crippen molar-refractivity contribution in [3.05, 3.63) is 34.9 Å². The lowest BCUT2D eigenvalue weighted by Crippen LogP contribution is -2.32. The Morgan fingerprint density at radius 3 is 2.58 bits per heavy atom.